The average Bonchev–Trinajstić information content (AvgIpc) is 3.55. The summed E-state index contributed by atoms with van der Waals surface area (Å²) in [7, 11) is 0. The third-order valence-electron chi connectivity index (χ3n) is 4.88. The SMILES string of the molecule is CC(C)c1nc(CSc2nnc(CSc3nc4ccccc4s3)n2Cc2ccccc2)no1. The molecule has 0 fully saturated rings. The molecule has 0 bridgehead atoms. The van der Waals surface area contributed by atoms with Gasteiger partial charge in [0.1, 0.15) is 5.82 Å². The number of nitrogens with zero attached hydrogens (tertiary/aromatic N) is 6. The van der Waals surface area contributed by atoms with Crippen LogP contribution in [0.25, 0.3) is 10.2 Å². The van der Waals surface area contributed by atoms with Gasteiger partial charge in [-0.2, -0.15) is 4.98 Å². The standard InChI is InChI=1S/C23H22N6OS3/c1-15(2)21-25-19(28-30-21)13-31-22-27-26-20(29(22)12-16-8-4-3-5-9-16)14-32-23-24-17-10-6-7-11-18(17)33-23/h3-11,15H,12-14H2,1-2H3. The molecule has 0 aliphatic rings. The van der Waals surface area contributed by atoms with Crippen LogP contribution in [0.15, 0.2) is 68.6 Å². The second kappa shape index (κ2) is 10.1. The number of aromatic nitrogens is 6. The maximum absolute atomic E-state index is 5.33. The van der Waals surface area contributed by atoms with E-state index in [1.807, 2.05) is 38.1 Å². The van der Waals surface area contributed by atoms with Gasteiger partial charge in [0.2, 0.25) is 5.89 Å². The van der Waals surface area contributed by atoms with Crippen LogP contribution in [0.1, 0.15) is 42.9 Å². The van der Waals surface area contributed by atoms with Gasteiger partial charge in [-0.05, 0) is 17.7 Å². The Hall–Kier alpha value is -2.69. The van der Waals surface area contributed by atoms with Crippen LogP contribution in [0.5, 0.6) is 0 Å². The molecule has 168 valence electrons. The van der Waals surface area contributed by atoms with E-state index in [1.54, 1.807) is 34.9 Å². The second-order valence-electron chi connectivity index (χ2n) is 7.70. The first-order valence-electron chi connectivity index (χ1n) is 10.6. The first-order valence-corrected chi connectivity index (χ1v) is 13.3. The zero-order valence-electron chi connectivity index (χ0n) is 18.2. The fraction of sp³-hybridized carbons (Fsp3) is 0.261. The molecule has 2 aromatic carbocycles. The molecule has 0 atom stereocenters. The van der Waals surface area contributed by atoms with Crippen molar-refractivity contribution in [3.05, 3.63) is 77.7 Å². The molecule has 3 aromatic heterocycles. The van der Waals surface area contributed by atoms with E-state index in [2.05, 4.69) is 55.2 Å². The lowest BCUT2D eigenvalue weighted by Crippen LogP contribution is -2.06. The molecule has 0 radical (unpaired) electrons. The Bertz CT molecular complexity index is 1310. The van der Waals surface area contributed by atoms with Gasteiger partial charge in [-0.1, -0.05) is 85.0 Å². The lowest BCUT2D eigenvalue weighted by atomic mass is 10.2. The Labute approximate surface area is 204 Å². The predicted molar refractivity (Wildman–Crippen MR) is 133 cm³/mol. The quantitative estimate of drug-likeness (QED) is 0.230. The summed E-state index contributed by atoms with van der Waals surface area (Å²) in [5.41, 5.74) is 2.24. The number of para-hydroxylation sites is 1. The molecule has 5 rings (SSSR count). The van der Waals surface area contributed by atoms with Gasteiger partial charge in [0.05, 0.1) is 28.3 Å². The Morgan fingerprint density at radius 1 is 0.939 bits per heavy atom. The molecule has 0 spiro atoms. The Balaban J connectivity index is 1.35. The van der Waals surface area contributed by atoms with Gasteiger partial charge in [0, 0.05) is 5.92 Å². The number of hydrogen-bond acceptors (Lipinski definition) is 9. The van der Waals surface area contributed by atoms with Crippen molar-refractivity contribution >= 4 is 45.1 Å². The highest BCUT2D eigenvalue weighted by Crippen LogP contribution is 2.32. The van der Waals surface area contributed by atoms with Crippen molar-refractivity contribution < 1.29 is 4.52 Å². The van der Waals surface area contributed by atoms with Crippen LogP contribution in [0.2, 0.25) is 0 Å². The van der Waals surface area contributed by atoms with Crippen LogP contribution in [-0.2, 0) is 18.1 Å². The first kappa shape index (κ1) is 22.1. The van der Waals surface area contributed by atoms with Crippen molar-refractivity contribution in [2.45, 2.75) is 47.3 Å². The molecule has 0 saturated heterocycles. The summed E-state index contributed by atoms with van der Waals surface area (Å²) in [5, 5.41) is 13.9. The van der Waals surface area contributed by atoms with Crippen LogP contribution in [0.4, 0.5) is 0 Å². The molecule has 0 unspecified atom stereocenters. The average molecular weight is 495 g/mol. The highest BCUT2D eigenvalue weighted by Gasteiger charge is 2.17. The van der Waals surface area contributed by atoms with Crippen LogP contribution in [-0.4, -0.2) is 29.9 Å². The molecule has 0 N–H and O–H groups in total. The molecule has 0 saturated carbocycles. The summed E-state index contributed by atoms with van der Waals surface area (Å²) in [6.45, 7) is 4.78. The smallest absolute Gasteiger partial charge is 0.229 e. The molecule has 10 heteroatoms. The van der Waals surface area contributed by atoms with Gasteiger partial charge in [0.25, 0.3) is 0 Å². The highest BCUT2D eigenvalue weighted by molar-refractivity contribution is 8.00. The van der Waals surface area contributed by atoms with Crippen molar-refractivity contribution in [1.82, 2.24) is 29.9 Å². The van der Waals surface area contributed by atoms with Crippen LogP contribution in [0.3, 0.4) is 0 Å². The van der Waals surface area contributed by atoms with Gasteiger partial charge in [-0.25, -0.2) is 4.98 Å². The lowest BCUT2D eigenvalue weighted by Gasteiger charge is -2.09. The van der Waals surface area contributed by atoms with Gasteiger partial charge < -0.3 is 9.09 Å². The molecule has 7 nitrogen and oxygen atoms in total. The van der Waals surface area contributed by atoms with Crippen molar-refractivity contribution in [2.75, 3.05) is 0 Å². The van der Waals surface area contributed by atoms with Gasteiger partial charge in [0.15, 0.2) is 15.3 Å². The van der Waals surface area contributed by atoms with Gasteiger partial charge in [-0.3, -0.25) is 0 Å². The number of fused-ring (bicyclic) bond motifs is 1. The lowest BCUT2D eigenvalue weighted by molar-refractivity contribution is 0.362. The molecule has 0 aliphatic heterocycles. The minimum absolute atomic E-state index is 0.212. The van der Waals surface area contributed by atoms with Crippen molar-refractivity contribution in [2.24, 2.45) is 0 Å². The summed E-state index contributed by atoms with van der Waals surface area (Å²) < 4.78 is 9.73. The summed E-state index contributed by atoms with van der Waals surface area (Å²) >= 11 is 4.97. The Kier molecular flexibility index (Phi) is 6.75. The summed E-state index contributed by atoms with van der Waals surface area (Å²) in [6, 6.07) is 18.6. The van der Waals surface area contributed by atoms with E-state index in [1.165, 1.54) is 10.3 Å². The van der Waals surface area contributed by atoms with E-state index in [9.17, 15) is 0 Å². The minimum Gasteiger partial charge on any atom is -0.339 e. The summed E-state index contributed by atoms with van der Waals surface area (Å²) in [4.78, 5) is 9.21. The third-order valence-corrected chi connectivity index (χ3v) is 8.02. The van der Waals surface area contributed by atoms with Crippen LogP contribution >= 0.6 is 34.9 Å². The largest absolute Gasteiger partial charge is 0.339 e. The Morgan fingerprint density at radius 2 is 1.76 bits per heavy atom. The number of benzene rings is 2. The van der Waals surface area contributed by atoms with Crippen LogP contribution < -0.4 is 0 Å². The Morgan fingerprint density at radius 3 is 2.55 bits per heavy atom. The zero-order valence-corrected chi connectivity index (χ0v) is 20.7. The van der Waals surface area contributed by atoms with E-state index in [-0.39, 0.29) is 5.92 Å². The van der Waals surface area contributed by atoms with Crippen molar-refractivity contribution in [1.29, 1.82) is 0 Å². The highest BCUT2D eigenvalue weighted by atomic mass is 32.2. The fourth-order valence-corrected chi connectivity index (χ4v) is 5.99. The summed E-state index contributed by atoms with van der Waals surface area (Å²) in [6.07, 6.45) is 0. The van der Waals surface area contributed by atoms with E-state index in [0.717, 1.165) is 20.8 Å². The van der Waals surface area contributed by atoms with Crippen molar-refractivity contribution in [3.63, 3.8) is 0 Å². The topological polar surface area (TPSA) is 82.5 Å². The maximum atomic E-state index is 5.33. The predicted octanol–water partition coefficient (Wildman–Crippen LogP) is 6.03. The first-order chi connectivity index (χ1) is 16.2. The minimum atomic E-state index is 0.212. The second-order valence-corrected chi connectivity index (χ2v) is 10.9. The van der Waals surface area contributed by atoms with E-state index in [0.29, 0.717) is 29.8 Å². The van der Waals surface area contributed by atoms with Gasteiger partial charge in [-0.15, -0.1) is 21.5 Å². The number of thiazole rings is 1. The number of rotatable bonds is 9. The molecular weight excluding hydrogens is 472 g/mol. The van der Waals surface area contributed by atoms with E-state index < -0.39 is 0 Å². The molecule has 3 heterocycles. The maximum Gasteiger partial charge on any atom is 0.229 e. The van der Waals surface area contributed by atoms with Crippen LogP contribution in [0, 0.1) is 0 Å². The molecule has 0 aliphatic carbocycles. The van der Waals surface area contributed by atoms with Gasteiger partial charge >= 0.3 is 0 Å². The molecule has 0 amide bonds. The molecule has 5 aromatic rings. The third kappa shape index (κ3) is 5.29. The summed E-state index contributed by atoms with van der Waals surface area (Å²) in [5.74, 6) is 3.73. The fourth-order valence-electron chi connectivity index (χ4n) is 3.19. The van der Waals surface area contributed by atoms with Crippen molar-refractivity contribution in [3.8, 4) is 0 Å². The van der Waals surface area contributed by atoms with E-state index >= 15 is 0 Å². The molecular formula is C23H22N6OS3. The number of hydrogen-bond donors (Lipinski definition) is 0. The normalized spacial score (nSPS) is 11.6. The van der Waals surface area contributed by atoms with E-state index in [4.69, 9.17) is 9.51 Å². The monoisotopic (exact) mass is 494 g/mol. The molecule has 33 heavy (non-hydrogen) atoms. The zero-order chi connectivity index (χ0) is 22.6. The number of thioether (sulfide) groups is 2.